The summed E-state index contributed by atoms with van der Waals surface area (Å²) >= 11 is 0. The molecule has 0 fully saturated rings. The van der Waals surface area contributed by atoms with Crippen LogP contribution in [0.2, 0.25) is 0 Å². The molecule has 0 saturated heterocycles. The molecule has 0 aromatic rings. The molecule has 0 unspecified atom stereocenters. The van der Waals surface area contributed by atoms with Crippen molar-refractivity contribution in [2.24, 2.45) is 0 Å². The Labute approximate surface area is 367 Å². The number of amides is 5. The van der Waals surface area contributed by atoms with E-state index in [1.807, 2.05) is 0 Å². The van der Waals surface area contributed by atoms with Gasteiger partial charge in [0.2, 0.25) is 30.0 Å². The number of carbonyl (C=O) groups excluding carboxylic acids is 5. The van der Waals surface area contributed by atoms with Gasteiger partial charge in [0.25, 0.3) is 0 Å². The number of nitrogens with one attached hydrogen (secondary N) is 5. The van der Waals surface area contributed by atoms with Gasteiger partial charge < -0.3 is 56.1 Å². The van der Waals surface area contributed by atoms with Gasteiger partial charge in [0.15, 0.2) is 0 Å². The summed E-state index contributed by atoms with van der Waals surface area (Å²) in [5.74, 6) is -4.80. The maximum atomic E-state index is 12.3. The predicted molar refractivity (Wildman–Crippen MR) is 230 cm³/mol. The van der Waals surface area contributed by atoms with Crippen LogP contribution in [0.4, 0.5) is 0 Å². The molecule has 0 heterocycles. The number of carboxylic acid groups (broad SMARTS) is 3. The molecule has 0 spiro atoms. The van der Waals surface area contributed by atoms with Crippen molar-refractivity contribution in [3.63, 3.8) is 0 Å². The van der Waals surface area contributed by atoms with Gasteiger partial charge >= 0.3 is 17.9 Å². The minimum Gasteiger partial charge on any atom is -0.481 e. The van der Waals surface area contributed by atoms with E-state index in [4.69, 9.17) is 19.3 Å². The maximum absolute atomic E-state index is 12.3. The van der Waals surface area contributed by atoms with Gasteiger partial charge in [-0.05, 0) is 38.5 Å². The topological polar surface area (TPSA) is 285 Å². The molecular weight excluding hydrogens is 810 g/mol. The molecule has 8 N–H and O–H groups in total. The third-order valence-electron chi connectivity index (χ3n) is 9.80. The molecule has 0 aliphatic rings. The number of ether oxygens (including phenoxy) is 3. The van der Waals surface area contributed by atoms with E-state index < -0.39 is 35.9 Å². The third-order valence-corrected chi connectivity index (χ3v) is 9.80. The second-order valence-electron chi connectivity index (χ2n) is 15.3. The van der Waals surface area contributed by atoms with Crippen molar-refractivity contribution in [3.8, 4) is 0 Å². The zero-order valence-corrected chi connectivity index (χ0v) is 36.9. The number of carbonyl (C=O) groups is 8. The summed E-state index contributed by atoms with van der Waals surface area (Å²) in [5.41, 5.74) is 0. The molecule has 0 radical (unpaired) electrons. The molecule has 5 amide bonds. The SMILES string of the molecule is O=CNCC(=O)N[C@@H](CCC(=O)NCCCOCCOCCOCCCNC(=O)CC[C@H](NC(=O)CCCCCCCCCCCCCCCCCCC(=O)O)C(=O)O)C(=O)O. The van der Waals surface area contributed by atoms with Crippen molar-refractivity contribution < 1.29 is 67.9 Å². The summed E-state index contributed by atoms with van der Waals surface area (Å²) in [6.45, 7) is 2.50. The average molecular weight is 888 g/mol. The lowest BCUT2D eigenvalue weighted by Gasteiger charge is -2.14. The van der Waals surface area contributed by atoms with Crippen LogP contribution in [0.1, 0.15) is 154 Å². The van der Waals surface area contributed by atoms with Crippen LogP contribution < -0.4 is 26.6 Å². The normalized spacial score (nSPS) is 11.9. The molecule has 0 aliphatic carbocycles. The van der Waals surface area contributed by atoms with Crippen molar-refractivity contribution in [2.45, 2.75) is 166 Å². The van der Waals surface area contributed by atoms with Gasteiger partial charge in [-0.2, -0.15) is 0 Å². The number of unbranched alkanes of at least 4 members (excludes halogenated alkanes) is 15. The number of hydrogen-bond acceptors (Lipinski definition) is 11. The molecule has 0 rings (SSSR count). The smallest absolute Gasteiger partial charge is 0.326 e. The minimum atomic E-state index is -1.28. The summed E-state index contributed by atoms with van der Waals surface area (Å²) in [7, 11) is 0. The fraction of sp³-hybridized carbons (Fsp3) is 0.814. The second kappa shape index (κ2) is 42.0. The fourth-order valence-electron chi connectivity index (χ4n) is 6.27. The van der Waals surface area contributed by atoms with Gasteiger partial charge in [-0.1, -0.05) is 89.9 Å². The lowest BCUT2D eigenvalue weighted by atomic mass is 10.0. The highest BCUT2D eigenvalue weighted by Crippen LogP contribution is 2.14. The first-order valence-electron chi connectivity index (χ1n) is 22.7. The van der Waals surface area contributed by atoms with Crippen molar-refractivity contribution in [1.82, 2.24) is 26.6 Å². The van der Waals surface area contributed by atoms with Gasteiger partial charge in [-0.15, -0.1) is 0 Å². The van der Waals surface area contributed by atoms with Gasteiger partial charge in [-0.3, -0.25) is 28.8 Å². The van der Waals surface area contributed by atoms with Crippen molar-refractivity contribution in [3.05, 3.63) is 0 Å². The molecule has 2 atom stereocenters. The fourth-order valence-corrected chi connectivity index (χ4v) is 6.27. The lowest BCUT2D eigenvalue weighted by Crippen LogP contribution is -2.45. The van der Waals surface area contributed by atoms with Gasteiger partial charge in [0.1, 0.15) is 12.1 Å². The van der Waals surface area contributed by atoms with E-state index in [2.05, 4.69) is 26.6 Å². The van der Waals surface area contributed by atoms with Gasteiger partial charge in [-0.25, -0.2) is 9.59 Å². The van der Waals surface area contributed by atoms with Crippen LogP contribution in [-0.2, 0) is 52.6 Å². The Balaban J connectivity index is 3.67. The highest BCUT2D eigenvalue weighted by atomic mass is 16.5. The minimum absolute atomic E-state index is 0.00140. The van der Waals surface area contributed by atoms with E-state index >= 15 is 0 Å². The van der Waals surface area contributed by atoms with Crippen LogP contribution in [0, 0.1) is 0 Å². The summed E-state index contributed by atoms with van der Waals surface area (Å²) in [6.07, 6.45) is 19.6. The van der Waals surface area contributed by atoms with Crippen LogP contribution in [0.5, 0.6) is 0 Å². The Morgan fingerprint density at radius 3 is 1.15 bits per heavy atom. The average Bonchev–Trinajstić information content (AvgIpc) is 3.23. The molecule has 62 heavy (non-hydrogen) atoms. The summed E-state index contributed by atoms with van der Waals surface area (Å²) in [5, 5.41) is 39.7. The quantitative estimate of drug-likeness (QED) is 0.0320. The molecule has 0 saturated carbocycles. The number of carboxylic acids is 3. The first-order valence-corrected chi connectivity index (χ1v) is 22.7. The van der Waals surface area contributed by atoms with Crippen LogP contribution in [-0.4, -0.2) is 135 Å². The summed E-state index contributed by atoms with van der Waals surface area (Å²) in [4.78, 5) is 91.8. The largest absolute Gasteiger partial charge is 0.481 e. The molecule has 358 valence electrons. The Morgan fingerprint density at radius 2 is 0.774 bits per heavy atom. The van der Waals surface area contributed by atoms with Crippen LogP contribution in [0.25, 0.3) is 0 Å². The van der Waals surface area contributed by atoms with E-state index in [1.165, 1.54) is 57.8 Å². The molecule has 19 nitrogen and oxygen atoms in total. The first-order chi connectivity index (χ1) is 30.0. The van der Waals surface area contributed by atoms with Crippen molar-refractivity contribution in [2.75, 3.05) is 59.3 Å². The van der Waals surface area contributed by atoms with Crippen LogP contribution in [0.3, 0.4) is 0 Å². The van der Waals surface area contributed by atoms with Crippen LogP contribution in [0.15, 0.2) is 0 Å². The molecule has 0 aromatic carbocycles. The van der Waals surface area contributed by atoms with E-state index in [-0.39, 0.29) is 62.8 Å². The summed E-state index contributed by atoms with van der Waals surface area (Å²) < 4.78 is 16.4. The third kappa shape index (κ3) is 39.8. The standard InChI is InChI=1S/C43H77N5O14/c49-34-44-33-40(53)48-36(43(58)59)22-24-38(51)46-26-18-28-61-30-32-62-31-29-60-27-17-25-45-37(50)23-21-35(42(56)57)47-39(52)19-15-13-11-9-7-5-3-1-2-4-6-8-10-12-14-16-20-41(54)55/h34-36H,1-33H2,(H,44,49)(H,45,50)(H,46,51)(H,47,52)(H,48,53)(H,54,55)(H,56,57)(H,58,59)/t35-,36-/m0/s1. The Kier molecular flexibility index (Phi) is 39.0. The Hall–Kier alpha value is -4.36. The summed E-state index contributed by atoms with van der Waals surface area (Å²) in [6, 6.07) is -2.37. The molecule has 0 aliphatic heterocycles. The van der Waals surface area contributed by atoms with Crippen molar-refractivity contribution in [1.29, 1.82) is 0 Å². The first kappa shape index (κ1) is 57.6. The highest BCUT2D eigenvalue weighted by molar-refractivity contribution is 5.86. The van der Waals surface area contributed by atoms with Gasteiger partial charge in [0.05, 0.1) is 33.0 Å². The predicted octanol–water partition coefficient (Wildman–Crippen LogP) is 3.60. The van der Waals surface area contributed by atoms with E-state index in [9.17, 15) is 48.6 Å². The highest BCUT2D eigenvalue weighted by Gasteiger charge is 2.22. The second-order valence-corrected chi connectivity index (χ2v) is 15.3. The Morgan fingerprint density at radius 1 is 0.419 bits per heavy atom. The van der Waals surface area contributed by atoms with E-state index in [1.54, 1.807) is 0 Å². The zero-order chi connectivity index (χ0) is 45.9. The van der Waals surface area contributed by atoms with E-state index in [0.717, 1.165) is 38.5 Å². The Bertz CT molecular complexity index is 1240. The zero-order valence-electron chi connectivity index (χ0n) is 36.9. The molecule has 0 bridgehead atoms. The number of rotatable bonds is 46. The molecular formula is C43H77N5O14. The number of hydrogen-bond donors (Lipinski definition) is 8. The van der Waals surface area contributed by atoms with Crippen LogP contribution >= 0.6 is 0 Å². The monoisotopic (exact) mass is 888 g/mol. The van der Waals surface area contributed by atoms with Crippen molar-refractivity contribution >= 4 is 47.9 Å². The molecule has 0 aromatic heterocycles. The molecule has 19 heteroatoms. The maximum Gasteiger partial charge on any atom is 0.326 e. The number of aliphatic carboxylic acids is 3. The lowest BCUT2D eigenvalue weighted by molar-refractivity contribution is -0.142. The van der Waals surface area contributed by atoms with E-state index in [0.29, 0.717) is 78.4 Å². The van der Waals surface area contributed by atoms with Gasteiger partial charge in [0, 0.05) is 52.0 Å².